The zero-order valence-corrected chi connectivity index (χ0v) is 8.83. The van der Waals surface area contributed by atoms with Crippen LogP contribution in [0.2, 0.25) is 0 Å². The van der Waals surface area contributed by atoms with Crippen molar-refractivity contribution in [2.45, 2.75) is 25.1 Å². The number of aliphatic hydroxyl groups is 1. The van der Waals surface area contributed by atoms with Gasteiger partial charge < -0.3 is 14.8 Å². The van der Waals surface area contributed by atoms with Crippen LogP contribution in [0, 0.1) is 0 Å². The van der Waals surface area contributed by atoms with Gasteiger partial charge in [0.25, 0.3) is 0 Å². The van der Waals surface area contributed by atoms with E-state index < -0.39 is 31.0 Å². The van der Waals surface area contributed by atoms with Crippen LogP contribution in [-0.2, 0) is 4.79 Å². The molecule has 96 valence electrons. The first-order valence-electron chi connectivity index (χ1n) is 4.93. The average molecular weight is 251 g/mol. The standard InChI is InChI=1S/C10H12F3NO3/c11-10(12,13)4-3-9(16)14-6-7(15)8-2-1-5-17-8/h1-2,5,7,15H,3-4,6H2,(H,14,16). The van der Waals surface area contributed by atoms with Crippen LogP contribution >= 0.6 is 0 Å². The van der Waals surface area contributed by atoms with Crippen LogP contribution in [0.4, 0.5) is 13.2 Å². The maximum absolute atomic E-state index is 11.8. The van der Waals surface area contributed by atoms with Crippen molar-refractivity contribution in [2.75, 3.05) is 6.54 Å². The van der Waals surface area contributed by atoms with Crippen molar-refractivity contribution in [3.63, 3.8) is 0 Å². The van der Waals surface area contributed by atoms with Crippen LogP contribution in [0.5, 0.6) is 0 Å². The van der Waals surface area contributed by atoms with Crippen LogP contribution in [0.15, 0.2) is 22.8 Å². The molecule has 0 radical (unpaired) electrons. The molecule has 1 unspecified atom stereocenters. The Bertz CT molecular complexity index is 348. The van der Waals surface area contributed by atoms with Gasteiger partial charge in [-0.1, -0.05) is 0 Å². The molecule has 7 heteroatoms. The summed E-state index contributed by atoms with van der Waals surface area (Å²) in [6.45, 7) is -0.176. The second-order valence-electron chi connectivity index (χ2n) is 3.45. The summed E-state index contributed by atoms with van der Waals surface area (Å²) < 4.78 is 40.2. The van der Waals surface area contributed by atoms with Gasteiger partial charge in [0.2, 0.25) is 5.91 Å². The van der Waals surface area contributed by atoms with Crippen molar-refractivity contribution in [3.05, 3.63) is 24.2 Å². The molecule has 1 aromatic heterocycles. The largest absolute Gasteiger partial charge is 0.467 e. The molecule has 0 bridgehead atoms. The van der Waals surface area contributed by atoms with Crippen molar-refractivity contribution in [1.82, 2.24) is 5.32 Å². The second-order valence-corrected chi connectivity index (χ2v) is 3.45. The molecular weight excluding hydrogens is 239 g/mol. The van der Waals surface area contributed by atoms with E-state index in [1.54, 1.807) is 6.07 Å². The van der Waals surface area contributed by atoms with Gasteiger partial charge in [0, 0.05) is 6.42 Å². The number of nitrogens with one attached hydrogen (secondary N) is 1. The Morgan fingerprint density at radius 3 is 2.76 bits per heavy atom. The molecule has 0 aliphatic heterocycles. The van der Waals surface area contributed by atoms with E-state index in [9.17, 15) is 23.1 Å². The predicted octanol–water partition coefficient (Wildman–Crippen LogP) is 1.77. The molecule has 0 aliphatic rings. The van der Waals surface area contributed by atoms with Gasteiger partial charge in [0.15, 0.2) is 0 Å². The highest BCUT2D eigenvalue weighted by Crippen LogP contribution is 2.21. The fraction of sp³-hybridized carbons (Fsp3) is 0.500. The van der Waals surface area contributed by atoms with Gasteiger partial charge in [-0.15, -0.1) is 0 Å². The molecule has 4 nitrogen and oxygen atoms in total. The maximum atomic E-state index is 11.8. The third kappa shape index (κ3) is 5.39. The quantitative estimate of drug-likeness (QED) is 0.838. The van der Waals surface area contributed by atoms with Crippen molar-refractivity contribution in [2.24, 2.45) is 0 Å². The van der Waals surface area contributed by atoms with Gasteiger partial charge in [-0.3, -0.25) is 4.79 Å². The van der Waals surface area contributed by atoms with Crippen molar-refractivity contribution < 1.29 is 27.5 Å². The number of aliphatic hydroxyl groups excluding tert-OH is 1. The number of carbonyl (C=O) groups excluding carboxylic acids is 1. The van der Waals surface area contributed by atoms with Gasteiger partial charge >= 0.3 is 6.18 Å². The SMILES string of the molecule is O=C(CCC(F)(F)F)NCC(O)c1ccco1. The van der Waals surface area contributed by atoms with Gasteiger partial charge in [0.1, 0.15) is 11.9 Å². The van der Waals surface area contributed by atoms with E-state index in [2.05, 4.69) is 5.32 Å². The highest BCUT2D eigenvalue weighted by atomic mass is 19.4. The fourth-order valence-electron chi connectivity index (χ4n) is 1.14. The van der Waals surface area contributed by atoms with Crippen LogP contribution < -0.4 is 5.32 Å². The molecule has 0 spiro atoms. The second kappa shape index (κ2) is 5.72. The third-order valence-corrected chi connectivity index (χ3v) is 2.00. The zero-order chi connectivity index (χ0) is 12.9. The molecule has 0 saturated heterocycles. The number of hydrogen-bond acceptors (Lipinski definition) is 3. The molecule has 1 heterocycles. The molecule has 1 amide bonds. The van der Waals surface area contributed by atoms with E-state index >= 15 is 0 Å². The molecule has 1 atom stereocenters. The smallest absolute Gasteiger partial charge is 0.389 e. The molecule has 2 N–H and O–H groups in total. The first-order chi connectivity index (χ1) is 7.88. The van der Waals surface area contributed by atoms with E-state index in [-0.39, 0.29) is 12.3 Å². The molecule has 0 saturated carbocycles. The molecule has 17 heavy (non-hydrogen) atoms. The Balaban J connectivity index is 2.24. The summed E-state index contributed by atoms with van der Waals surface area (Å²) in [6.07, 6.45) is -5.87. The normalized spacial score (nSPS) is 13.4. The minimum absolute atomic E-state index is 0.176. The number of furan rings is 1. The van der Waals surface area contributed by atoms with Crippen molar-refractivity contribution in [1.29, 1.82) is 0 Å². The van der Waals surface area contributed by atoms with Crippen LogP contribution in [0.1, 0.15) is 24.7 Å². The highest BCUT2D eigenvalue weighted by molar-refractivity contribution is 5.75. The Labute approximate surface area is 95.4 Å². The topological polar surface area (TPSA) is 62.5 Å². The number of amides is 1. The van der Waals surface area contributed by atoms with E-state index in [0.29, 0.717) is 0 Å². The van der Waals surface area contributed by atoms with E-state index in [1.165, 1.54) is 12.3 Å². The predicted molar refractivity (Wildman–Crippen MR) is 52.0 cm³/mol. The molecule has 1 rings (SSSR count). The Morgan fingerprint density at radius 1 is 1.53 bits per heavy atom. The van der Waals surface area contributed by atoms with Crippen LogP contribution in [0.25, 0.3) is 0 Å². The third-order valence-electron chi connectivity index (χ3n) is 2.00. The summed E-state index contributed by atoms with van der Waals surface area (Å²) >= 11 is 0. The lowest BCUT2D eigenvalue weighted by Gasteiger charge is -2.10. The first-order valence-corrected chi connectivity index (χ1v) is 4.93. The number of rotatable bonds is 5. The monoisotopic (exact) mass is 251 g/mol. The molecular formula is C10H12F3NO3. The molecule has 1 aromatic rings. The Hall–Kier alpha value is -1.50. The summed E-state index contributed by atoms with van der Waals surface area (Å²) in [5.74, 6) is -0.506. The van der Waals surface area contributed by atoms with Gasteiger partial charge in [-0.25, -0.2) is 0 Å². The van der Waals surface area contributed by atoms with E-state index in [4.69, 9.17) is 4.42 Å². The number of alkyl halides is 3. The summed E-state index contributed by atoms with van der Waals surface area (Å²) in [4.78, 5) is 11.0. The molecule has 0 fully saturated rings. The lowest BCUT2D eigenvalue weighted by Crippen LogP contribution is -2.29. The van der Waals surface area contributed by atoms with Gasteiger partial charge in [-0.05, 0) is 12.1 Å². The number of carbonyl (C=O) groups is 1. The number of halogens is 3. The van der Waals surface area contributed by atoms with E-state index in [0.717, 1.165) is 0 Å². The summed E-state index contributed by atoms with van der Waals surface area (Å²) in [5.41, 5.74) is 0. The Morgan fingerprint density at radius 2 is 2.24 bits per heavy atom. The van der Waals surface area contributed by atoms with Gasteiger partial charge in [-0.2, -0.15) is 13.2 Å². The lowest BCUT2D eigenvalue weighted by molar-refractivity contribution is -0.144. The molecule has 0 aliphatic carbocycles. The van der Waals surface area contributed by atoms with Gasteiger partial charge in [0.05, 0.1) is 19.2 Å². The first kappa shape index (κ1) is 13.6. The van der Waals surface area contributed by atoms with Crippen LogP contribution in [0.3, 0.4) is 0 Å². The zero-order valence-electron chi connectivity index (χ0n) is 8.83. The minimum atomic E-state index is -4.35. The molecule has 0 aromatic carbocycles. The number of hydrogen-bond donors (Lipinski definition) is 2. The summed E-state index contributed by atoms with van der Waals surface area (Å²) in [5, 5.41) is 11.7. The maximum Gasteiger partial charge on any atom is 0.389 e. The van der Waals surface area contributed by atoms with Crippen molar-refractivity contribution in [3.8, 4) is 0 Å². The minimum Gasteiger partial charge on any atom is -0.467 e. The summed E-state index contributed by atoms with van der Waals surface area (Å²) in [6, 6.07) is 3.07. The van der Waals surface area contributed by atoms with Crippen molar-refractivity contribution >= 4 is 5.91 Å². The average Bonchev–Trinajstić information content (AvgIpc) is 2.75. The van der Waals surface area contributed by atoms with E-state index in [1.807, 2.05) is 0 Å². The lowest BCUT2D eigenvalue weighted by atomic mass is 10.2. The Kier molecular flexibility index (Phi) is 4.56. The summed E-state index contributed by atoms with van der Waals surface area (Å²) in [7, 11) is 0. The van der Waals surface area contributed by atoms with Crippen LogP contribution in [-0.4, -0.2) is 23.7 Å². The highest BCUT2D eigenvalue weighted by Gasteiger charge is 2.27. The fourth-order valence-corrected chi connectivity index (χ4v) is 1.14.